The van der Waals surface area contributed by atoms with Crippen LogP contribution in [0.15, 0.2) is 6.07 Å². The van der Waals surface area contributed by atoms with Crippen LogP contribution in [0.25, 0.3) is 0 Å². The first-order valence-electron chi connectivity index (χ1n) is 4.28. The number of hydrogen-bond donors (Lipinski definition) is 2. The van der Waals surface area contributed by atoms with E-state index in [0.29, 0.717) is 17.9 Å². The van der Waals surface area contributed by atoms with Crippen molar-refractivity contribution in [3.8, 4) is 0 Å². The highest BCUT2D eigenvalue weighted by Gasteiger charge is 2.14. The van der Waals surface area contributed by atoms with Gasteiger partial charge in [0.1, 0.15) is 5.69 Å². The maximum atomic E-state index is 11.5. The third kappa shape index (κ3) is 1.66. The topological polar surface area (TPSA) is 60.1 Å². The van der Waals surface area contributed by atoms with Crippen molar-refractivity contribution in [2.45, 2.75) is 13.8 Å². The molecule has 13 heavy (non-hydrogen) atoms. The van der Waals surface area contributed by atoms with Crippen molar-refractivity contribution in [3.05, 3.63) is 17.5 Å². The molecular formula is C9H15N3O. The average Bonchev–Trinajstić information content (AvgIpc) is 2.27. The lowest BCUT2D eigenvalue weighted by Crippen LogP contribution is -2.25. The molecule has 0 unspecified atom stereocenters. The lowest BCUT2D eigenvalue weighted by Gasteiger charge is -2.05. The smallest absolute Gasteiger partial charge is 0.270 e. The summed E-state index contributed by atoms with van der Waals surface area (Å²) in [5.74, 6) is -0.115. The maximum absolute atomic E-state index is 11.5. The van der Waals surface area contributed by atoms with Gasteiger partial charge in [-0.25, -0.2) is 0 Å². The average molecular weight is 181 g/mol. The third-order valence-corrected chi connectivity index (χ3v) is 2.05. The number of nitrogens with one attached hydrogen (secondary N) is 1. The molecule has 4 heteroatoms. The standard InChI is InChI=1S/C9H15N3O/c1-4-11-9(13)8-7(10)5-6(2)12(8)3/h5H,4,10H2,1-3H3,(H,11,13). The van der Waals surface area contributed by atoms with E-state index in [-0.39, 0.29) is 5.91 Å². The minimum absolute atomic E-state index is 0.115. The molecule has 1 aromatic heterocycles. The first kappa shape index (κ1) is 9.64. The van der Waals surface area contributed by atoms with Crippen LogP contribution in [0.5, 0.6) is 0 Å². The van der Waals surface area contributed by atoms with E-state index in [2.05, 4.69) is 5.32 Å². The maximum Gasteiger partial charge on any atom is 0.270 e. The molecule has 4 nitrogen and oxygen atoms in total. The van der Waals surface area contributed by atoms with Gasteiger partial charge in [0.05, 0.1) is 5.69 Å². The summed E-state index contributed by atoms with van der Waals surface area (Å²) in [4.78, 5) is 11.5. The molecule has 1 rings (SSSR count). The van der Waals surface area contributed by atoms with Crippen LogP contribution >= 0.6 is 0 Å². The Hall–Kier alpha value is -1.45. The summed E-state index contributed by atoms with van der Waals surface area (Å²) in [6.45, 7) is 4.41. The number of nitrogen functional groups attached to an aromatic ring is 1. The van der Waals surface area contributed by atoms with Gasteiger partial charge in [-0.3, -0.25) is 4.79 Å². The SMILES string of the molecule is CCNC(=O)c1c(N)cc(C)n1C. The van der Waals surface area contributed by atoms with Crippen molar-refractivity contribution in [2.75, 3.05) is 12.3 Å². The molecule has 0 saturated heterocycles. The number of aromatic nitrogens is 1. The number of hydrogen-bond acceptors (Lipinski definition) is 2. The Bertz CT molecular complexity index is 328. The predicted molar refractivity (Wildman–Crippen MR) is 52.6 cm³/mol. The molecule has 72 valence electrons. The normalized spacial score (nSPS) is 10.1. The van der Waals surface area contributed by atoms with Gasteiger partial charge in [0.2, 0.25) is 0 Å². The van der Waals surface area contributed by atoms with Gasteiger partial charge in [-0.1, -0.05) is 0 Å². The fraction of sp³-hybridized carbons (Fsp3) is 0.444. The molecule has 0 fully saturated rings. The number of carbonyl (C=O) groups is 1. The zero-order chi connectivity index (χ0) is 10.0. The molecule has 0 aliphatic rings. The second kappa shape index (κ2) is 3.51. The van der Waals surface area contributed by atoms with Crippen LogP contribution in [-0.2, 0) is 7.05 Å². The zero-order valence-corrected chi connectivity index (χ0v) is 8.22. The highest BCUT2D eigenvalue weighted by atomic mass is 16.1. The number of nitrogens with zero attached hydrogens (tertiary/aromatic N) is 1. The van der Waals surface area contributed by atoms with Gasteiger partial charge in [0, 0.05) is 19.3 Å². The van der Waals surface area contributed by atoms with Crippen LogP contribution in [0.1, 0.15) is 23.1 Å². The Morgan fingerprint density at radius 2 is 2.31 bits per heavy atom. The van der Waals surface area contributed by atoms with Crippen molar-refractivity contribution in [1.82, 2.24) is 9.88 Å². The van der Waals surface area contributed by atoms with Gasteiger partial charge in [0.15, 0.2) is 0 Å². The second-order valence-electron chi connectivity index (χ2n) is 3.01. The highest BCUT2D eigenvalue weighted by Crippen LogP contribution is 2.15. The first-order valence-corrected chi connectivity index (χ1v) is 4.28. The van der Waals surface area contributed by atoms with Crippen LogP contribution in [0.4, 0.5) is 5.69 Å². The van der Waals surface area contributed by atoms with E-state index < -0.39 is 0 Å². The fourth-order valence-electron chi connectivity index (χ4n) is 1.29. The van der Waals surface area contributed by atoms with E-state index in [1.807, 2.05) is 20.9 Å². The lowest BCUT2D eigenvalue weighted by molar-refractivity contribution is 0.0948. The van der Waals surface area contributed by atoms with Crippen LogP contribution in [0.2, 0.25) is 0 Å². The van der Waals surface area contributed by atoms with Crippen molar-refractivity contribution >= 4 is 11.6 Å². The summed E-state index contributed by atoms with van der Waals surface area (Å²) < 4.78 is 1.79. The zero-order valence-electron chi connectivity index (χ0n) is 8.22. The number of aryl methyl sites for hydroxylation is 1. The quantitative estimate of drug-likeness (QED) is 0.704. The van der Waals surface area contributed by atoms with E-state index in [1.54, 1.807) is 10.6 Å². The summed E-state index contributed by atoms with van der Waals surface area (Å²) in [6.07, 6.45) is 0. The van der Waals surface area contributed by atoms with Gasteiger partial charge >= 0.3 is 0 Å². The molecule has 0 aliphatic carbocycles. The summed E-state index contributed by atoms with van der Waals surface area (Å²) in [6, 6.07) is 1.80. The Balaban J connectivity index is 3.06. The van der Waals surface area contributed by atoms with Gasteiger partial charge in [0.25, 0.3) is 5.91 Å². The summed E-state index contributed by atoms with van der Waals surface area (Å²) in [7, 11) is 1.83. The van der Waals surface area contributed by atoms with Crippen LogP contribution in [0, 0.1) is 6.92 Å². The molecule has 0 saturated carbocycles. The number of amides is 1. The van der Waals surface area contributed by atoms with Gasteiger partial charge < -0.3 is 15.6 Å². The molecule has 0 radical (unpaired) electrons. The molecule has 3 N–H and O–H groups in total. The number of nitrogens with two attached hydrogens (primary N) is 1. The van der Waals surface area contributed by atoms with Gasteiger partial charge in [-0.05, 0) is 19.9 Å². The monoisotopic (exact) mass is 181 g/mol. The highest BCUT2D eigenvalue weighted by molar-refractivity contribution is 5.97. The largest absolute Gasteiger partial charge is 0.397 e. The van der Waals surface area contributed by atoms with E-state index in [1.165, 1.54) is 0 Å². The van der Waals surface area contributed by atoms with Crippen molar-refractivity contribution in [2.24, 2.45) is 7.05 Å². The Morgan fingerprint density at radius 3 is 2.69 bits per heavy atom. The Labute approximate surface area is 77.7 Å². The molecule has 1 aromatic rings. The van der Waals surface area contributed by atoms with E-state index >= 15 is 0 Å². The fourth-order valence-corrected chi connectivity index (χ4v) is 1.29. The molecule has 0 bridgehead atoms. The minimum Gasteiger partial charge on any atom is -0.397 e. The molecule has 0 aromatic carbocycles. The molecule has 0 spiro atoms. The number of carbonyl (C=O) groups excluding carboxylic acids is 1. The molecule has 1 amide bonds. The van der Waals surface area contributed by atoms with Crippen LogP contribution in [-0.4, -0.2) is 17.0 Å². The number of rotatable bonds is 2. The predicted octanol–water partition coefficient (Wildman–Crippen LogP) is 0.665. The van der Waals surface area contributed by atoms with E-state index in [4.69, 9.17) is 5.73 Å². The van der Waals surface area contributed by atoms with E-state index in [9.17, 15) is 4.79 Å². The summed E-state index contributed by atoms with van der Waals surface area (Å²) in [5.41, 5.74) is 7.75. The Morgan fingerprint density at radius 1 is 1.69 bits per heavy atom. The minimum atomic E-state index is -0.115. The first-order chi connectivity index (χ1) is 6.07. The van der Waals surface area contributed by atoms with Crippen LogP contribution in [0.3, 0.4) is 0 Å². The van der Waals surface area contributed by atoms with Gasteiger partial charge in [-0.15, -0.1) is 0 Å². The second-order valence-corrected chi connectivity index (χ2v) is 3.01. The van der Waals surface area contributed by atoms with Gasteiger partial charge in [-0.2, -0.15) is 0 Å². The summed E-state index contributed by atoms with van der Waals surface area (Å²) >= 11 is 0. The Kier molecular flexibility index (Phi) is 2.60. The van der Waals surface area contributed by atoms with Crippen molar-refractivity contribution in [1.29, 1.82) is 0 Å². The third-order valence-electron chi connectivity index (χ3n) is 2.05. The number of anilines is 1. The van der Waals surface area contributed by atoms with Crippen molar-refractivity contribution in [3.63, 3.8) is 0 Å². The van der Waals surface area contributed by atoms with E-state index in [0.717, 1.165) is 5.69 Å². The molecular weight excluding hydrogens is 166 g/mol. The molecule has 0 atom stereocenters. The summed E-state index contributed by atoms with van der Waals surface area (Å²) in [5, 5.41) is 2.72. The molecule has 1 heterocycles. The lowest BCUT2D eigenvalue weighted by atomic mass is 10.3. The molecule has 0 aliphatic heterocycles. The van der Waals surface area contributed by atoms with Crippen molar-refractivity contribution < 1.29 is 4.79 Å². The van der Waals surface area contributed by atoms with Crippen LogP contribution < -0.4 is 11.1 Å².